The van der Waals surface area contributed by atoms with E-state index in [1.165, 1.54) is 0 Å². The van der Waals surface area contributed by atoms with Crippen molar-refractivity contribution < 1.29 is 28.7 Å². The van der Waals surface area contributed by atoms with E-state index in [0.717, 1.165) is 4.90 Å². The fourth-order valence-corrected chi connectivity index (χ4v) is 3.00. The second-order valence-corrected chi connectivity index (χ2v) is 6.98. The smallest absolute Gasteiger partial charge is 0.325 e. The summed E-state index contributed by atoms with van der Waals surface area (Å²) in [4.78, 5) is 49.6. The topological polar surface area (TPSA) is 126 Å². The molecule has 0 unspecified atom stereocenters. The van der Waals surface area contributed by atoms with Gasteiger partial charge in [0.1, 0.15) is 25.3 Å². The van der Waals surface area contributed by atoms with Gasteiger partial charge in [-0.05, 0) is 38.5 Å². The van der Waals surface area contributed by atoms with Gasteiger partial charge in [-0.25, -0.2) is 9.59 Å². The lowest BCUT2D eigenvalue weighted by Crippen LogP contribution is -2.48. The van der Waals surface area contributed by atoms with E-state index in [9.17, 15) is 19.2 Å². The van der Waals surface area contributed by atoms with E-state index in [4.69, 9.17) is 9.47 Å². The zero-order valence-corrected chi connectivity index (χ0v) is 15.8. The normalized spacial score (nSPS) is 20.8. The summed E-state index contributed by atoms with van der Waals surface area (Å²) < 4.78 is 11.0. The first kappa shape index (κ1) is 19.5. The number of hydrogen-bond acceptors (Lipinski definition) is 6. The molecule has 0 aliphatic carbocycles. The first-order valence-corrected chi connectivity index (χ1v) is 8.85. The molecular weight excluding hydrogens is 368 g/mol. The standard InChI is InChI=1S/C18H22N4O6/c1-10(2)19-16(25)20-14(23)9-22-15(24)18(3,21-17(22)26)11-4-5-12-13(8-11)28-7-6-27-12/h4-5,8,10H,6-7,9H2,1-3H3,(H,21,26)(H2,19,20,23,25)/t18-/m0/s1. The van der Waals surface area contributed by atoms with Crippen LogP contribution in [0.1, 0.15) is 26.3 Å². The molecule has 6 amide bonds. The van der Waals surface area contributed by atoms with Crippen LogP contribution in [-0.2, 0) is 15.1 Å². The van der Waals surface area contributed by atoms with Crippen molar-refractivity contribution >= 4 is 23.9 Å². The summed E-state index contributed by atoms with van der Waals surface area (Å²) in [6.07, 6.45) is 0. The fraction of sp³-hybridized carbons (Fsp3) is 0.444. The van der Waals surface area contributed by atoms with Gasteiger partial charge in [0.25, 0.3) is 5.91 Å². The maximum absolute atomic E-state index is 12.9. The SMILES string of the molecule is CC(C)NC(=O)NC(=O)CN1C(=O)N[C@@](C)(c2ccc3c(c2)OCCO3)C1=O. The van der Waals surface area contributed by atoms with Gasteiger partial charge in [-0.3, -0.25) is 19.8 Å². The maximum atomic E-state index is 12.9. The first-order chi connectivity index (χ1) is 13.2. The van der Waals surface area contributed by atoms with Crippen molar-refractivity contribution in [2.24, 2.45) is 0 Å². The molecule has 28 heavy (non-hydrogen) atoms. The van der Waals surface area contributed by atoms with Gasteiger partial charge in [0.15, 0.2) is 11.5 Å². The van der Waals surface area contributed by atoms with E-state index in [1.807, 2.05) is 0 Å². The van der Waals surface area contributed by atoms with Crippen molar-refractivity contribution in [2.45, 2.75) is 32.4 Å². The average Bonchev–Trinajstić information content (AvgIpc) is 2.84. The molecule has 0 saturated carbocycles. The number of carbonyl (C=O) groups is 4. The van der Waals surface area contributed by atoms with Gasteiger partial charge < -0.3 is 20.1 Å². The predicted molar refractivity (Wildman–Crippen MR) is 96.8 cm³/mol. The molecule has 10 heteroatoms. The molecule has 1 saturated heterocycles. The number of ether oxygens (including phenoxy) is 2. The van der Waals surface area contributed by atoms with Crippen molar-refractivity contribution in [2.75, 3.05) is 19.8 Å². The molecule has 0 spiro atoms. The molecule has 1 fully saturated rings. The number of fused-ring (bicyclic) bond motifs is 1. The minimum Gasteiger partial charge on any atom is -0.486 e. The van der Waals surface area contributed by atoms with Crippen molar-refractivity contribution in [3.8, 4) is 11.5 Å². The summed E-state index contributed by atoms with van der Waals surface area (Å²) in [6, 6.07) is 3.38. The Hall–Kier alpha value is -3.30. The van der Waals surface area contributed by atoms with Crippen molar-refractivity contribution in [1.29, 1.82) is 0 Å². The third-order valence-corrected chi connectivity index (χ3v) is 4.37. The summed E-state index contributed by atoms with van der Waals surface area (Å²) in [5, 5.41) is 7.18. The molecule has 2 heterocycles. The lowest BCUT2D eigenvalue weighted by atomic mass is 9.91. The lowest BCUT2D eigenvalue weighted by molar-refractivity contribution is -0.134. The van der Waals surface area contributed by atoms with Gasteiger partial charge in [-0.1, -0.05) is 6.07 Å². The van der Waals surface area contributed by atoms with Crippen molar-refractivity contribution in [3.63, 3.8) is 0 Å². The van der Waals surface area contributed by atoms with E-state index in [0.29, 0.717) is 30.3 Å². The van der Waals surface area contributed by atoms with Gasteiger partial charge >= 0.3 is 12.1 Å². The zero-order chi connectivity index (χ0) is 20.5. The van der Waals surface area contributed by atoms with E-state index < -0.39 is 36.0 Å². The van der Waals surface area contributed by atoms with Gasteiger partial charge in [0, 0.05) is 6.04 Å². The van der Waals surface area contributed by atoms with Crippen molar-refractivity contribution in [1.82, 2.24) is 20.9 Å². The monoisotopic (exact) mass is 390 g/mol. The number of hydrogen-bond donors (Lipinski definition) is 3. The minimum atomic E-state index is -1.37. The van der Waals surface area contributed by atoms with Gasteiger partial charge in [0.2, 0.25) is 5.91 Å². The molecule has 3 rings (SSSR count). The number of amides is 6. The Morgan fingerprint density at radius 2 is 1.89 bits per heavy atom. The molecule has 3 N–H and O–H groups in total. The largest absolute Gasteiger partial charge is 0.486 e. The number of urea groups is 2. The predicted octanol–water partition coefficient (Wildman–Crippen LogP) is 0.459. The third-order valence-electron chi connectivity index (χ3n) is 4.37. The van der Waals surface area contributed by atoms with Crippen LogP contribution in [0.15, 0.2) is 18.2 Å². The minimum absolute atomic E-state index is 0.164. The maximum Gasteiger partial charge on any atom is 0.325 e. The number of rotatable bonds is 4. The summed E-state index contributed by atoms with van der Waals surface area (Å²) in [5.41, 5.74) is -0.872. The van der Waals surface area contributed by atoms with Gasteiger partial charge in [-0.15, -0.1) is 0 Å². The number of carbonyl (C=O) groups excluding carboxylic acids is 4. The van der Waals surface area contributed by atoms with Gasteiger partial charge in [0.05, 0.1) is 0 Å². The molecule has 150 valence electrons. The molecule has 2 aliphatic rings. The quantitative estimate of drug-likeness (QED) is 0.641. The van der Waals surface area contributed by atoms with Crippen LogP contribution in [0.2, 0.25) is 0 Å². The molecule has 0 aromatic heterocycles. The van der Waals surface area contributed by atoms with Crippen LogP contribution in [0.4, 0.5) is 9.59 Å². The van der Waals surface area contributed by atoms with Crippen LogP contribution >= 0.6 is 0 Å². The Morgan fingerprint density at radius 3 is 2.57 bits per heavy atom. The highest BCUT2D eigenvalue weighted by atomic mass is 16.6. The molecule has 0 bridgehead atoms. The Bertz CT molecular complexity index is 839. The summed E-state index contributed by atoms with van der Waals surface area (Å²) in [7, 11) is 0. The zero-order valence-electron chi connectivity index (χ0n) is 15.8. The number of nitrogens with zero attached hydrogens (tertiary/aromatic N) is 1. The van der Waals surface area contributed by atoms with Gasteiger partial charge in [-0.2, -0.15) is 0 Å². The second kappa shape index (κ2) is 7.37. The fourth-order valence-electron chi connectivity index (χ4n) is 3.00. The van der Waals surface area contributed by atoms with E-state index in [2.05, 4.69) is 16.0 Å². The summed E-state index contributed by atoms with van der Waals surface area (Å²) in [6.45, 7) is 5.27. The highest BCUT2D eigenvalue weighted by Gasteiger charge is 2.49. The number of imide groups is 2. The van der Waals surface area contributed by atoms with E-state index in [1.54, 1.807) is 39.0 Å². The summed E-state index contributed by atoms with van der Waals surface area (Å²) in [5.74, 6) is -0.335. The number of nitrogens with one attached hydrogen (secondary N) is 3. The van der Waals surface area contributed by atoms with E-state index in [-0.39, 0.29) is 6.04 Å². The third kappa shape index (κ3) is 3.71. The van der Waals surface area contributed by atoms with E-state index >= 15 is 0 Å². The second-order valence-electron chi connectivity index (χ2n) is 6.98. The van der Waals surface area contributed by atoms with Crippen LogP contribution in [0.5, 0.6) is 11.5 Å². The Kier molecular flexibility index (Phi) is 5.12. The average molecular weight is 390 g/mol. The Balaban J connectivity index is 1.73. The molecule has 0 radical (unpaired) electrons. The summed E-state index contributed by atoms with van der Waals surface area (Å²) >= 11 is 0. The molecule has 10 nitrogen and oxygen atoms in total. The number of benzene rings is 1. The van der Waals surface area contributed by atoms with Crippen LogP contribution in [0.25, 0.3) is 0 Å². The highest BCUT2D eigenvalue weighted by molar-refractivity contribution is 6.10. The Morgan fingerprint density at radius 1 is 1.21 bits per heavy atom. The Labute approximate surface area is 161 Å². The lowest BCUT2D eigenvalue weighted by Gasteiger charge is -2.25. The van der Waals surface area contributed by atoms with Crippen LogP contribution in [-0.4, -0.2) is 54.6 Å². The van der Waals surface area contributed by atoms with Crippen LogP contribution in [0.3, 0.4) is 0 Å². The van der Waals surface area contributed by atoms with Crippen LogP contribution < -0.4 is 25.4 Å². The van der Waals surface area contributed by atoms with Crippen LogP contribution in [0, 0.1) is 0 Å². The molecular formula is C18H22N4O6. The molecule has 2 aliphatic heterocycles. The highest BCUT2D eigenvalue weighted by Crippen LogP contribution is 2.36. The van der Waals surface area contributed by atoms with Crippen molar-refractivity contribution in [3.05, 3.63) is 23.8 Å². The molecule has 1 atom stereocenters. The molecule has 1 aromatic carbocycles. The first-order valence-electron chi connectivity index (χ1n) is 8.85. The molecule has 1 aromatic rings.